The van der Waals surface area contributed by atoms with E-state index >= 15 is 0 Å². The van der Waals surface area contributed by atoms with Crippen molar-refractivity contribution in [3.63, 3.8) is 0 Å². The molecule has 0 amide bonds. The first-order valence-corrected chi connectivity index (χ1v) is 8.58. The van der Waals surface area contributed by atoms with E-state index in [0.29, 0.717) is 12.1 Å². The molecule has 3 aromatic rings. The van der Waals surface area contributed by atoms with E-state index in [4.69, 9.17) is 0 Å². The van der Waals surface area contributed by atoms with Crippen molar-refractivity contribution in [2.75, 3.05) is 0 Å². The Morgan fingerprint density at radius 1 is 1.17 bits per heavy atom. The molecule has 0 saturated heterocycles. The number of pyridine rings is 1. The predicted octanol–water partition coefficient (Wildman–Crippen LogP) is 2.89. The number of hydrogen-bond donors (Lipinski definition) is 0. The van der Waals surface area contributed by atoms with E-state index in [9.17, 15) is 9.59 Å². The van der Waals surface area contributed by atoms with Crippen molar-refractivity contribution in [2.24, 2.45) is 0 Å². The highest BCUT2D eigenvalue weighted by Gasteiger charge is 2.15. The molecule has 0 aliphatic rings. The van der Waals surface area contributed by atoms with Crippen molar-refractivity contribution in [3.05, 3.63) is 85.6 Å². The van der Waals surface area contributed by atoms with Crippen molar-refractivity contribution < 1.29 is 4.79 Å². The zero-order valence-electron chi connectivity index (χ0n) is 13.1. The largest absolute Gasteiger partial charge is 0.307 e. The van der Waals surface area contributed by atoms with E-state index in [0.717, 1.165) is 14.8 Å². The van der Waals surface area contributed by atoms with Crippen molar-refractivity contribution in [2.45, 2.75) is 20.0 Å². The van der Waals surface area contributed by atoms with Crippen LogP contribution in [0.5, 0.6) is 0 Å². The Bertz CT molecular complexity index is 929. The highest BCUT2D eigenvalue weighted by atomic mass is 127. The third-order valence-electron chi connectivity index (χ3n) is 3.84. The fraction of sp³-hybridized carbons (Fsp3) is 0.167. The molecule has 2 aromatic heterocycles. The summed E-state index contributed by atoms with van der Waals surface area (Å²) in [6, 6.07) is 13.2. The lowest BCUT2D eigenvalue weighted by molar-refractivity contribution is 0.0970. The van der Waals surface area contributed by atoms with Crippen LogP contribution in [0.1, 0.15) is 21.6 Å². The molecule has 1 aromatic carbocycles. The Morgan fingerprint density at radius 3 is 2.67 bits per heavy atom. The molecule has 0 aliphatic heterocycles. The molecule has 0 radical (unpaired) electrons. The lowest BCUT2D eigenvalue weighted by atomic mass is 10.1. The normalized spacial score (nSPS) is 10.8. The van der Waals surface area contributed by atoms with Gasteiger partial charge in [0.05, 0.1) is 24.8 Å². The van der Waals surface area contributed by atoms with Gasteiger partial charge in [0.1, 0.15) is 0 Å². The van der Waals surface area contributed by atoms with E-state index in [1.165, 1.54) is 10.6 Å². The minimum atomic E-state index is -0.182. The van der Waals surface area contributed by atoms with Gasteiger partial charge < -0.3 is 4.57 Å². The molecule has 0 saturated carbocycles. The molecular formula is C18H16IN3O2. The predicted molar refractivity (Wildman–Crippen MR) is 100 cm³/mol. The average molecular weight is 433 g/mol. The smallest absolute Gasteiger partial charge is 0.250 e. The summed E-state index contributed by atoms with van der Waals surface area (Å²) in [7, 11) is 0. The van der Waals surface area contributed by atoms with Gasteiger partial charge in [0, 0.05) is 21.5 Å². The number of ketones is 1. The quantitative estimate of drug-likeness (QED) is 0.460. The third kappa shape index (κ3) is 3.64. The molecule has 3 rings (SSSR count). The molecule has 0 N–H and O–H groups in total. The van der Waals surface area contributed by atoms with Crippen LogP contribution in [0.4, 0.5) is 0 Å². The third-order valence-corrected chi connectivity index (χ3v) is 4.48. The first-order valence-electron chi connectivity index (χ1n) is 7.50. The molecule has 0 bridgehead atoms. The highest BCUT2D eigenvalue weighted by Crippen LogP contribution is 2.12. The van der Waals surface area contributed by atoms with Crippen LogP contribution in [0.3, 0.4) is 0 Å². The molecule has 6 heteroatoms. The lowest BCUT2D eigenvalue weighted by Gasteiger charge is -2.07. The Labute approximate surface area is 153 Å². The fourth-order valence-electron chi connectivity index (χ4n) is 2.50. The topological polar surface area (TPSA) is 56.9 Å². The maximum Gasteiger partial charge on any atom is 0.250 e. The summed E-state index contributed by atoms with van der Waals surface area (Å²) in [5.41, 5.74) is 2.30. The summed E-state index contributed by atoms with van der Waals surface area (Å²) < 4.78 is 4.15. The van der Waals surface area contributed by atoms with Crippen molar-refractivity contribution in [1.82, 2.24) is 14.3 Å². The molecule has 5 nitrogen and oxygen atoms in total. The summed E-state index contributed by atoms with van der Waals surface area (Å²) in [6.45, 7) is 2.51. The summed E-state index contributed by atoms with van der Waals surface area (Å²) in [5.74, 6) is -0.115. The van der Waals surface area contributed by atoms with E-state index in [1.807, 2.05) is 37.3 Å². The number of carbonyl (C=O) groups excluding carboxylic acids is 1. The maximum absolute atomic E-state index is 12.5. The van der Waals surface area contributed by atoms with Crippen LogP contribution in [0.25, 0.3) is 0 Å². The van der Waals surface area contributed by atoms with Gasteiger partial charge in [-0.05, 0) is 41.1 Å². The van der Waals surface area contributed by atoms with Crippen LogP contribution in [0.15, 0.2) is 59.7 Å². The maximum atomic E-state index is 12.5. The average Bonchev–Trinajstić information content (AvgIpc) is 2.93. The van der Waals surface area contributed by atoms with Gasteiger partial charge in [-0.3, -0.25) is 14.3 Å². The van der Waals surface area contributed by atoms with Crippen LogP contribution in [-0.4, -0.2) is 20.1 Å². The standard InChI is InChI=1S/C18H16IN3O2/c1-13-16(9-20-22(13)10-14-5-3-2-4-6-14)17(23)12-21-11-15(19)7-8-18(21)24/h2-9,11H,10,12H2,1H3. The van der Waals surface area contributed by atoms with E-state index < -0.39 is 0 Å². The molecule has 0 atom stereocenters. The van der Waals surface area contributed by atoms with Gasteiger partial charge in [0.15, 0.2) is 5.78 Å². The lowest BCUT2D eigenvalue weighted by Crippen LogP contribution is -2.23. The summed E-state index contributed by atoms with van der Waals surface area (Å²) in [6.07, 6.45) is 3.27. The van der Waals surface area contributed by atoms with Crippen LogP contribution in [0.2, 0.25) is 0 Å². The minimum absolute atomic E-state index is 0.0214. The number of aromatic nitrogens is 3. The summed E-state index contributed by atoms with van der Waals surface area (Å²) in [5, 5.41) is 4.32. The number of rotatable bonds is 5. The van der Waals surface area contributed by atoms with Crippen molar-refractivity contribution in [1.29, 1.82) is 0 Å². The van der Waals surface area contributed by atoms with Gasteiger partial charge in [0.25, 0.3) is 5.56 Å². The van der Waals surface area contributed by atoms with Gasteiger partial charge in [-0.2, -0.15) is 5.10 Å². The number of carbonyl (C=O) groups is 1. The second-order valence-corrected chi connectivity index (χ2v) is 6.77. The zero-order valence-corrected chi connectivity index (χ0v) is 15.3. The highest BCUT2D eigenvalue weighted by molar-refractivity contribution is 14.1. The molecular weight excluding hydrogens is 417 g/mol. The molecule has 0 aliphatic carbocycles. The Morgan fingerprint density at radius 2 is 1.92 bits per heavy atom. The number of Topliss-reactive ketones (excluding diaryl/α,β-unsaturated/α-hetero) is 1. The summed E-state index contributed by atoms with van der Waals surface area (Å²) in [4.78, 5) is 24.4. The van der Waals surface area contributed by atoms with Crippen LogP contribution in [0, 0.1) is 10.5 Å². The number of hydrogen-bond acceptors (Lipinski definition) is 3. The zero-order chi connectivity index (χ0) is 17.1. The molecule has 0 unspecified atom stereocenters. The van der Waals surface area contributed by atoms with Crippen molar-refractivity contribution in [3.8, 4) is 0 Å². The minimum Gasteiger partial charge on any atom is -0.307 e. The van der Waals surface area contributed by atoms with Gasteiger partial charge in [0.2, 0.25) is 0 Å². The Kier molecular flexibility index (Phi) is 4.94. The number of halogens is 1. The monoisotopic (exact) mass is 433 g/mol. The Balaban J connectivity index is 1.81. The fourth-order valence-corrected chi connectivity index (χ4v) is 3.02. The van der Waals surface area contributed by atoms with E-state index in [-0.39, 0.29) is 17.9 Å². The van der Waals surface area contributed by atoms with Gasteiger partial charge in [-0.25, -0.2) is 0 Å². The van der Waals surface area contributed by atoms with Crippen molar-refractivity contribution >= 4 is 28.4 Å². The second kappa shape index (κ2) is 7.12. The van der Waals surface area contributed by atoms with Gasteiger partial charge >= 0.3 is 0 Å². The Hall–Kier alpha value is -2.22. The summed E-state index contributed by atoms with van der Waals surface area (Å²) >= 11 is 2.12. The van der Waals surface area contributed by atoms with Gasteiger partial charge in [-0.1, -0.05) is 30.3 Å². The number of benzene rings is 1. The second-order valence-electron chi connectivity index (χ2n) is 5.52. The van der Waals surface area contributed by atoms with Crippen LogP contribution in [-0.2, 0) is 13.1 Å². The molecule has 24 heavy (non-hydrogen) atoms. The molecule has 0 spiro atoms. The van der Waals surface area contributed by atoms with E-state index in [1.54, 1.807) is 23.1 Å². The molecule has 122 valence electrons. The van der Waals surface area contributed by atoms with E-state index in [2.05, 4.69) is 27.7 Å². The molecule has 2 heterocycles. The van der Waals surface area contributed by atoms with Crippen LogP contribution >= 0.6 is 22.6 Å². The molecule has 0 fully saturated rings. The first kappa shape index (κ1) is 16.6. The van der Waals surface area contributed by atoms with Crippen LogP contribution < -0.4 is 5.56 Å². The first-order chi connectivity index (χ1) is 11.5. The van der Waals surface area contributed by atoms with Gasteiger partial charge in [-0.15, -0.1) is 0 Å². The number of nitrogens with zero attached hydrogens (tertiary/aromatic N) is 3. The SMILES string of the molecule is Cc1c(C(=O)Cn2cc(I)ccc2=O)cnn1Cc1ccccc1.